The van der Waals surface area contributed by atoms with Gasteiger partial charge in [0, 0.05) is 45.0 Å². The van der Waals surface area contributed by atoms with Crippen molar-refractivity contribution in [3.05, 3.63) is 53.2 Å². The number of ether oxygens (including phenoxy) is 1. The smallest absolute Gasteiger partial charge is 0.154 e. The number of aromatic nitrogens is 4. The topological polar surface area (TPSA) is 76.1 Å². The Morgan fingerprint density at radius 2 is 1.75 bits per heavy atom. The van der Waals surface area contributed by atoms with Crippen LogP contribution in [0.15, 0.2) is 30.3 Å². The summed E-state index contributed by atoms with van der Waals surface area (Å²) >= 11 is 0. The maximum absolute atomic E-state index is 5.48. The lowest BCUT2D eigenvalue weighted by Crippen LogP contribution is -2.34. The number of nitrogens with zero attached hydrogens (tertiary/aromatic N) is 5. The van der Waals surface area contributed by atoms with Gasteiger partial charge in [0.1, 0.15) is 5.82 Å². The summed E-state index contributed by atoms with van der Waals surface area (Å²) in [5.74, 6) is 1.73. The molecular weight excluding hydrogens is 400 g/mol. The highest BCUT2D eigenvalue weighted by Gasteiger charge is 2.17. The molecule has 166 valence electrons. The van der Waals surface area contributed by atoms with Crippen LogP contribution < -0.4 is 10.2 Å². The Kier molecular flexibility index (Phi) is 6.36. The van der Waals surface area contributed by atoms with Gasteiger partial charge in [-0.25, -0.2) is 19.9 Å². The maximum Gasteiger partial charge on any atom is 0.154 e. The molecular formula is C25H30N6O. The first kappa shape index (κ1) is 21.0. The molecule has 3 aromatic rings. The second kappa shape index (κ2) is 9.71. The number of fused-ring (bicyclic) bond motifs is 1. The van der Waals surface area contributed by atoms with Crippen LogP contribution in [0.2, 0.25) is 0 Å². The van der Waals surface area contributed by atoms with Crippen LogP contribution >= 0.6 is 0 Å². The van der Waals surface area contributed by atoms with Crippen LogP contribution in [0.3, 0.4) is 0 Å². The van der Waals surface area contributed by atoms with Gasteiger partial charge in [-0.1, -0.05) is 12.1 Å². The fraction of sp³-hybridized carbons (Fsp3) is 0.440. The molecule has 2 aliphatic heterocycles. The Balaban J connectivity index is 1.40. The van der Waals surface area contributed by atoms with E-state index < -0.39 is 0 Å². The van der Waals surface area contributed by atoms with Gasteiger partial charge in [-0.15, -0.1) is 0 Å². The average molecular weight is 431 g/mol. The fourth-order valence-electron chi connectivity index (χ4n) is 4.34. The number of nitrogens with one attached hydrogen (secondary N) is 1. The molecule has 0 atom stereocenters. The Bertz CT molecular complexity index is 1100. The first-order chi connectivity index (χ1) is 15.7. The van der Waals surface area contributed by atoms with Crippen LogP contribution in [0.1, 0.15) is 48.6 Å². The van der Waals surface area contributed by atoms with E-state index in [0.717, 1.165) is 79.6 Å². The van der Waals surface area contributed by atoms with Crippen LogP contribution in [-0.4, -0.2) is 52.3 Å². The molecule has 0 radical (unpaired) electrons. The SMILES string of the molecule is Cc1nc2ccccc2nc1/C=C/c1nc(CNC2CCOCC2)cc(N2CCCC2)n1. The lowest BCUT2D eigenvalue weighted by atomic mass is 10.1. The lowest BCUT2D eigenvalue weighted by molar-refractivity contribution is 0.0775. The molecule has 2 aliphatic rings. The molecule has 0 bridgehead atoms. The highest BCUT2D eigenvalue weighted by Crippen LogP contribution is 2.20. The van der Waals surface area contributed by atoms with Gasteiger partial charge in [-0.2, -0.15) is 0 Å². The van der Waals surface area contributed by atoms with Crippen LogP contribution in [0, 0.1) is 6.92 Å². The Morgan fingerprint density at radius 1 is 1.00 bits per heavy atom. The van der Waals surface area contributed by atoms with E-state index in [1.165, 1.54) is 12.8 Å². The van der Waals surface area contributed by atoms with Crippen molar-refractivity contribution in [1.82, 2.24) is 25.3 Å². The molecule has 0 spiro atoms. The van der Waals surface area contributed by atoms with Crippen LogP contribution in [0.25, 0.3) is 23.2 Å². The van der Waals surface area contributed by atoms with Crippen LogP contribution in [-0.2, 0) is 11.3 Å². The fourth-order valence-corrected chi connectivity index (χ4v) is 4.34. The molecule has 1 aromatic carbocycles. The number of rotatable bonds is 6. The Labute approximate surface area is 189 Å². The van der Waals surface area contributed by atoms with Crippen LogP contribution in [0.5, 0.6) is 0 Å². The molecule has 4 heterocycles. The summed E-state index contributed by atoms with van der Waals surface area (Å²) in [5.41, 5.74) is 4.58. The van der Waals surface area contributed by atoms with Gasteiger partial charge < -0.3 is 15.0 Å². The normalized spacial score (nSPS) is 17.6. The molecule has 2 aromatic heterocycles. The predicted octanol–water partition coefficient (Wildman–Crippen LogP) is 3.77. The lowest BCUT2D eigenvalue weighted by Gasteiger charge is -2.23. The minimum absolute atomic E-state index is 0.489. The van der Waals surface area contributed by atoms with Crippen molar-refractivity contribution in [2.45, 2.75) is 45.2 Å². The highest BCUT2D eigenvalue weighted by atomic mass is 16.5. The van der Waals surface area contributed by atoms with Crippen molar-refractivity contribution < 1.29 is 4.74 Å². The van der Waals surface area contributed by atoms with Crippen molar-refractivity contribution in [3.8, 4) is 0 Å². The minimum Gasteiger partial charge on any atom is -0.381 e. The summed E-state index contributed by atoms with van der Waals surface area (Å²) in [4.78, 5) is 21.5. The molecule has 2 saturated heterocycles. The van der Waals surface area contributed by atoms with Gasteiger partial charge >= 0.3 is 0 Å². The van der Waals surface area contributed by atoms with Gasteiger partial charge in [-0.05, 0) is 56.9 Å². The summed E-state index contributed by atoms with van der Waals surface area (Å²) in [7, 11) is 0. The number of aryl methyl sites for hydroxylation is 1. The third-order valence-corrected chi connectivity index (χ3v) is 6.18. The minimum atomic E-state index is 0.489. The van der Waals surface area contributed by atoms with Crippen LogP contribution in [0.4, 0.5) is 5.82 Å². The standard InChI is InChI=1S/C25H30N6O/c1-18-21(29-23-7-3-2-6-22(23)27-18)8-9-24-28-20(17-26-19-10-14-32-15-11-19)16-25(30-24)31-12-4-5-13-31/h2-3,6-9,16,19,26H,4-5,10-15,17H2,1H3/b9-8+. The summed E-state index contributed by atoms with van der Waals surface area (Å²) in [6.45, 7) is 6.51. The molecule has 7 nitrogen and oxygen atoms in total. The van der Waals surface area contributed by atoms with E-state index >= 15 is 0 Å². The van der Waals surface area contributed by atoms with E-state index in [2.05, 4.69) is 21.3 Å². The summed E-state index contributed by atoms with van der Waals surface area (Å²) in [5, 5.41) is 3.65. The first-order valence-corrected chi connectivity index (χ1v) is 11.6. The van der Waals surface area contributed by atoms with E-state index in [9.17, 15) is 0 Å². The molecule has 32 heavy (non-hydrogen) atoms. The van der Waals surface area contributed by atoms with Gasteiger partial charge in [-0.3, -0.25) is 0 Å². The van der Waals surface area contributed by atoms with Gasteiger partial charge in [0.25, 0.3) is 0 Å². The van der Waals surface area contributed by atoms with E-state index in [-0.39, 0.29) is 0 Å². The molecule has 1 N–H and O–H groups in total. The Morgan fingerprint density at radius 3 is 2.53 bits per heavy atom. The largest absolute Gasteiger partial charge is 0.381 e. The maximum atomic E-state index is 5.48. The van der Waals surface area contributed by atoms with Crippen molar-refractivity contribution in [2.75, 3.05) is 31.2 Å². The number of hydrogen-bond donors (Lipinski definition) is 1. The summed E-state index contributed by atoms with van der Waals surface area (Å²) < 4.78 is 5.48. The zero-order valence-electron chi connectivity index (χ0n) is 18.6. The average Bonchev–Trinajstić information content (AvgIpc) is 3.37. The van der Waals surface area contributed by atoms with Crippen molar-refractivity contribution in [2.24, 2.45) is 0 Å². The molecule has 0 saturated carbocycles. The summed E-state index contributed by atoms with van der Waals surface area (Å²) in [6.07, 6.45) is 8.48. The van der Waals surface area contributed by atoms with Crippen molar-refractivity contribution >= 4 is 29.0 Å². The third-order valence-electron chi connectivity index (χ3n) is 6.18. The van der Waals surface area contributed by atoms with Gasteiger partial charge in [0.15, 0.2) is 5.82 Å². The summed E-state index contributed by atoms with van der Waals surface area (Å²) in [6, 6.07) is 10.6. The van der Waals surface area contributed by atoms with E-state index in [4.69, 9.17) is 19.7 Å². The molecule has 5 rings (SSSR count). The quantitative estimate of drug-likeness (QED) is 0.638. The van der Waals surface area contributed by atoms with Crippen molar-refractivity contribution in [3.63, 3.8) is 0 Å². The van der Waals surface area contributed by atoms with Crippen molar-refractivity contribution in [1.29, 1.82) is 0 Å². The predicted molar refractivity (Wildman–Crippen MR) is 127 cm³/mol. The molecule has 0 amide bonds. The number of para-hydroxylation sites is 2. The zero-order chi connectivity index (χ0) is 21.8. The third kappa shape index (κ3) is 4.95. The highest BCUT2D eigenvalue weighted by molar-refractivity contribution is 5.77. The Hall–Kier alpha value is -2.90. The zero-order valence-corrected chi connectivity index (χ0v) is 18.6. The monoisotopic (exact) mass is 430 g/mol. The second-order valence-corrected chi connectivity index (χ2v) is 8.55. The van der Waals surface area contributed by atoms with E-state index in [1.54, 1.807) is 0 Å². The van der Waals surface area contributed by atoms with Gasteiger partial charge in [0.2, 0.25) is 0 Å². The molecule has 0 unspecified atom stereocenters. The first-order valence-electron chi connectivity index (χ1n) is 11.6. The molecule has 2 fully saturated rings. The van der Waals surface area contributed by atoms with Gasteiger partial charge in [0.05, 0.1) is 28.1 Å². The number of anilines is 1. The molecule has 7 heteroatoms. The van der Waals surface area contributed by atoms with E-state index in [1.807, 2.05) is 43.3 Å². The number of hydrogen-bond acceptors (Lipinski definition) is 7. The van der Waals surface area contributed by atoms with E-state index in [0.29, 0.717) is 11.9 Å². The second-order valence-electron chi connectivity index (χ2n) is 8.55. The molecule has 0 aliphatic carbocycles. The number of benzene rings is 1.